The quantitative estimate of drug-likeness (QED) is 0.749. The molecule has 1 aliphatic rings. The van der Waals surface area contributed by atoms with Crippen molar-refractivity contribution in [2.24, 2.45) is 0 Å². The van der Waals surface area contributed by atoms with Gasteiger partial charge in [-0.2, -0.15) is 0 Å². The minimum absolute atomic E-state index is 0.0698. The van der Waals surface area contributed by atoms with Crippen molar-refractivity contribution in [3.63, 3.8) is 0 Å². The normalized spacial score (nSPS) is 15.4. The summed E-state index contributed by atoms with van der Waals surface area (Å²) in [6.45, 7) is 6.20. The largest absolute Gasteiger partial charge is 0.493 e. The second-order valence-corrected chi connectivity index (χ2v) is 6.88. The van der Waals surface area contributed by atoms with Crippen molar-refractivity contribution < 1.29 is 18.7 Å². The number of fused-ring (bicyclic) bond motifs is 2. The molecule has 0 aliphatic carbocycles. The maximum absolute atomic E-state index is 13.3. The molecule has 0 spiro atoms. The lowest BCUT2D eigenvalue weighted by Crippen LogP contribution is -2.22. The smallest absolute Gasteiger partial charge is 0.288 e. The first kappa shape index (κ1) is 18.1. The van der Waals surface area contributed by atoms with Gasteiger partial charge in [-0.05, 0) is 55.7 Å². The molecule has 0 saturated heterocycles. The average molecular weight is 379 g/mol. The summed E-state index contributed by atoms with van der Waals surface area (Å²) >= 11 is 0. The van der Waals surface area contributed by atoms with Gasteiger partial charge in [0.05, 0.1) is 30.7 Å². The van der Waals surface area contributed by atoms with Gasteiger partial charge in [0.2, 0.25) is 5.76 Å². The Hall–Kier alpha value is -3.28. The number of aryl methyl sites for hydroxylation is 2. The molecular weight excluding hydrogens is 358 g/mol. The Morgan fingerprint density at radius 3 is 2.61 bits per heavy atom. The predicted octanol–water partition coefficient (Wildman–Crippen LogP) is 3.65. The summed E-state index contributed by atoms with van der Waals surface area (Å²) in [5, 5.41) is 3.36. The molecule has 28 heavy (non-hydrogen) atoms. The molecule has 6 nitrogen and oxygen atoms in total. The molecule has 1 atom stereocenters. The Labute approximate surface area is 162 Å². The number of carbonyl (C=O) groups is 1. The third-order valence-electron chi connectivity index (χ3n) is 4.96. The fraction of sp³-hybridized carbons (Fsp3) is 0.273. The number of amides is 1. The van der Waals surface area contributed by atoms with E-state index in [0.29, 0.717) is 34.6 Å². The lowest BCUT2D eigenvalue weighted by Gasteiger charge is -2.15. The molecule has 3 aromatic rings. The van der Waals surface area contributed by atoms with Crippen LogP contribution in [0.3, 0.4) is 0 Å². The first-order valence-corrected chi connectivity index (χ1v) is 9.14. The summed E-state index contributed by atoms with van der Waals surface area (Å²) in [5.74, 6) is 0.820. The van der Waals surface area contributed by atoms with E-state index in [1.807, 2.05) is 32.9 Å². The fourth-order valence-corrected chi connectivity index (χ4v) is 3.79. The molecule has 1 aromatic heterocycles. The van der Waals surface area contributed by atoms with Gasteiger partial charge in [0.25, 0.3) is 5.91 Å². The number of hydrogen-bond acceptors (Lipinski definition) is 5. The van der Waals surface area contributed by atoms with Gasteiger partial charge in [-0.15, -0.1) is 0 Å². The Kier molecular flexibility index (Phi) is 4.34. The lowest BCUT2D eigenvalue weighted by molar-refractivity contribution is 0.0938. The second-order valence-electron chi connectivity index (χ2n) is 6.88. The molecule has 0 fully saturated rings. The van der Waals surface area contributed by atoms with Gasteiger partial charge in [-0.1, -0.05) is 12.1 Å². The van der Waals surface area contributed by atoms with Crippen LogP contribution in [0.5, 0.6) is 11.5 Å². The van der Waals surface area contributed by atoms with Gasteiger partial charge in [0.1, 0.15) is 5.58 Å². The first-order chi connectivity index (χ1) is 13.4. The van der Waals surface area contributed by atoms with Crippen LogP contribution in [-0.2, 0) is 0 Å². The Balaban J connectivity index is 1.92. The van der Waals surface area contributed by atoms with E-state index in [1.54, 1.807) is 25.3 Å². The van der Waals surface area contributed by atoms with Crippen LogP contribution in [0.4, 0.5) is 0 Å². The highest BCUT2D eigenvalue weighted by Crippen LogP contribution is 2.36. The predicted molar refractivity (Wildman–Crippen MR) is 105 cm³/mol. The number of methoxy groups -OCH3 is 1. The van der Waals surface area contributed by atoms with E-state index in [4.69, 9.17) is 13.9 Å². The van der Waals surface area contributed by atoms with E-state index in [9.17, 15) is 9.59 Å². The number of rotatable bonds is 4. The molecule has 0 radical (unpaired) electrons. The molecule has 0 bridgehead atoms. The van der Waals surface area contributed by atoms with Gasteiger partial charge < -0.3 is 19.2 Å². The maximum atomic E-state index is 13.3. The monoisotopic (exact) mass is 379 g/mol. The van der Waals surface area contributed by atoms with Crippen LogP contribution >= 0.6 is 0 Å². The Bertz CT molecular complexity index is 1160. The van der Waals surface area contributed by atoms with Gasteiger partial charge in [0, 0.05) is 0 Å². The van der Waals surface area contributed by atoms with Gasteiger partial charge in [-0.25, -0.2) is 0 Å². The van der Waals surface area contributed by atoms with Crippen molar-refractivity contribution >= 4 is 16.9 Å². The fourth-order valence-electron chi connectivity index (χ4n) is 3.79. The summed E-state index contributed by atoms with van der Waals surface area (Å²) in [6, 6.07) is 8.48. The zero-order valence-corrected chi connectivity index (χ0v) is 16.2. The van der Waals surface area contributed by atoms with Crippen LogP contribution in [0.1, 0.15) is 45.8 Å². The molecule has 144 valence electrons. The van der Waals surface area contributed by atoms with Crippen LogP contribution in [0.15, 0.2) is 39.5 Å². The van der Waals surface area contributed by atoms with Gasteiger partial charge in [0.15, 0.2) is 16.9 Å². The van der Waals surface area contributed by atoms with Crippen LogP contribution in [-0.4, -0.2) is 19.6 Å². The van der Waals surface area contributed by atoms with Crippen LogP contribution in [0.2, 0.25) is 0 Å². The number of benzene rings is 2. The third kappa shape index (κ3) is 2.72. The Morgan fingerprint density at radius 1 is 1.11 bits per heavy atom. The highest BCUT2D eigenvalue weighted by Gasteiger charge is 2.36. The van der Waals surface area contributed by atoms with Crippen molar-refractivity contribution in [2.45, 2.75) is 26.8 Å². The first-order valence-electron chi connectivity index (χ1n) is 9.14. The molecule has 1 amide bonds. The van der Waals surface area contributed by atoms with Gasteiger partial charge >= 0.3 is 0 Å². The van der Waals surface area contributed by atoms with E-state index in [-0.39, 0.29) is 11.2 Å². The maximum Gasteiger partial charge on any atom is 0.288 e. The minimum atomic E-state index is -0.603. The summed E-state index contributed by atoms with van der Waals surface area (Å²) in [6.07, 6.45) is 0. The zero-order valence-electron chi connectivity index (χ0n) is 16.2. The number of carbonyl (C=O) groups excluding carboxylic acids is 1. The zero-order chi connectivity index (χ0) is 20.0. The van der Waals surface area contributed by atoms with Crippen LogP contribution in [0.25, 0.3) is 11.0 Å². The molecular formula is C22H21NO5. The molecule has 0 saturated carbocycles. The van der Waals surface area contributed by atoms with Crippen LogP contribution < -0.4 is 20.2 Å². The van der Waals surface area contributed by atoms with Crippen molar-refractivity contribution in [1.82, 2.24) is 5.32 Å². The van der Waals surface area contributed by atoms with E-state index >= 15 is 0 Å². The van der Waals surface area contributed by atoms with E-state index in [1.165, 1.54) is 0 Å². The summed E-state index contributed by atoms with van der Waals surface area (Å²) in [7, 11) is 1.55. The van der Waals surface area contributed by atoms with E-state index in [0.717, 1.165) is 16.7 Å². The summed E-state index contributed by atoms with van der Waals surface area (Å²) < 4.78 is 16.8. The molecule has 1 N–H and O–H groups in total. The molecule has 1 aliphatic heterocycles. The molecule has 1 unspecified atom stereocenters. The molecule has 2 heterocycles. The standard InChI is InChI=1S/C22H21NO5/c1-5-27-14-7-6-13(10-15(14)26-4)19-18-20(24)17-12(3)8-11(2)9-16(17)28-21(18)22(25)23-19/h6-10,19H,5H2,1-4H3,(H,23,25). The van der Waals surface area contributed by atoms with Crippen molar-refractivity contribution in [2.75, 3.05) is 13.7 Å². The summed E-state index contributed by atoms with van der Waals surface area (Å²) in [5.41, 5.74) is 3.10. The van der Waals surface area contributed by atoms with E-state index < -0.39 is 11.9 Å². The second kappa shape index (κ2) is 6.71. The third-order valence-corrected chi connectivity index (χ3v) is 4.96. The van der Waals surface area contributed by atoms with Crippen molar-refractivity contribution in [3.05, 3.63) is 68.6 Å². The number of hydrogen-bond donors (Lipinski definition) is 1. The highest BCUT2D eigenvalue weighted by molar-refractivity contribution is 5.99. The molecule has 4 rings (SSSR count). The molecule has 6 heteroatoms. The van der Waals surface area contributed by atoms with Crippen molar-refractivity contribution in [3.8, 4) is 11.5 Å². The molecule has 2 aromatic carbocycles. The van der Waals surface area contributed by atoms with Gasteiger partial charge in [-0.3, -0.25) is 9.59 Å². The average Bonchev–Trinajstić information content (AvgIpc) is 2.98. The number of nitrogens with one attached hydrogen (secondary N) is 1. The Morgan fingerprint density at radius 2 is 1.89 bits per heavy atom. The van der Waals surface area contributed by atoms with E-state index in [2.05, 4.69) is 5.32 Å². The minimum Gasteiger partial charge on any atom is -0.493 e. The van der Waals surface area contributed by atoms with Crippen molar-refractivity contribution in [1.29, 1.82) is 0 Å². The number of ether oxygens (including phenoxy) is 2. The topological polar surface area (TPSA) is 77.8 Å². The lowest BCUT2D eigenvalue weighted by atomic mass is 9.97. The SMILES string of the molecule is CCOc1ccc(C2NC(=O)c3oc4cc(C)cc(C)c4c(=O)c32)cc1OC. The van der Waals surface area contributed by atoms with Crippen LogP contribution in [0, 0.1) is 13.8 Å². The highest BCUT2D eigenvalue weighted by atomic mass is 16.5. The summed E-state index contributed by atoms with van der Waals surface area (Å²) in [4.78, 5) is 25.8.